The van der Waals surface area contributed by atoms with Crippen LogP contribution in [0.2, 0.25) is 0 Å². The summed E-state index contributed by atoms with van der Waals surface area (Å²) in [6.45, 7) is 5.55. The number of rotatable bonds is 9. The van der Waals surface area contributed by atoms with Crippen molar-refractivity contribution in [1.82, 2.24) is 5.32 Å². The van der Waals surface area contributed by atoms with Crippen LogP contribution in [0, 0.1) is 5.92 Å². The van der Waals surface area contributed by atoms with Gasteiger partial charge in [0.2, 0.25) is 5.91 Å². The summed E-state index contributed by atoms with van der Waals surface area (Å²) in [6, 6.07) is 0. The van der Waals surface area contributed by atoms with E-state index in [1.165, 1.54) is 18.6 Å². The highest BCUT2D eigenvalue weighted by atomic mass is 35.5. The number of nitrogens with one attached hydrogen (secondary N) is 1. The van der Waals surface area contributed by atoms with Gasteiger partial charge < -0.3 is 11.1 Å². The number of nitrogens with two attached hydrogens (primary N) is 1. The van der Waals surface area contributed by atoms with E-state index in [1.807, 2.05) is 18.7 Å². The van der Waals surface area contributed by atoms with Crippen LogP contribution in [0.3, 0.4) is 0 Å². The van der Waals surface area contributed by atoms with Crippen LogP contribution in [0.1, 0.15) is 33.1 Å². The second kappa shape index (κ2) is 13.1. The molecule has 0 aromatic carbocycles. The molecule has 0 rings (SSSR count). The van der Waals surface area contributed by atoms with Crippen LogP contribution in [0.15, 0.2) is 0 Å². The molecule has 1 amide bonds. The Hall–Kier alpha value is 0.0700. The van der Waals surface area contributed by atoms with Gasteiger partial charge >= 0.3 is 0 Å². The molecule has 0 aliphatic rings. The Kier molecular flexibility index (Phi) is 15.1. The molecular formula is C11H25ClN2OS. The van der Waals surface area contributed by atoms with Crippen LogP contribution in [0.25, 0.3) is 0 Å². The number of unbranched alkanes of at least 4 members (excludes halogenated alkanes) is 1. The zero-order chi connectivity index (χ0) is 11.5. The second-order valence-electron chi connectivity index (χ2n) is 3.86. The van der Waals surface area contributed by atoms with Crippen LogP contribution in [-0.4, -0.2) is 30.5 Å². The van der Waals surface area contributed by atoms with Gasteiger partial charge in [0.15, 0.2) is 0 Å². The number of thioether (sulfide) groups is 1. The summed E-state index contributed by atoms with van der Waals surface area (Å²) in [5.41, 5.74) is 5.46. The predicted octanol–water partition coefficient (Wildman–Crippen LogP) is 2.04. The van der Waals surface area contributed by atoms with Gasteiger partial charge in [-0.05, 0) is 24.6 Å². The Balaban J connectivity index is 0. The number of halogens is 1. The van der Waals surface area contributed by atoms with Gasteiger partial charge in [-0.1, -0.05) is 20.3 Å². The van der Waals surface area contributed by atoms with Crippen LogP contribution < -0.4 is 11.1 Å². The Labute approximate surface area is 110 Å². The molecule has 0 heterocycles. The number of hydrogen-bond donors (Lipinski definition) is 2. The molecule has 0 aromatic rings. The SMILES string of the molecule is CCCCSCCC(=O)NCC(C)CN.Cl. The van der Waals surface area contributed by atoms with E-state index in [9.17, 15) is 4.79 Å². The van der Waals surface area contributed by atoms with E-state index in [0.29, 0.717) is 25.4 Å². The van der Waals surface area contributed by atoms with Crippen molar-refractivity contribution in [3.05, 3.63) is 0 Å². The molecule has 1 unspecified atom stereocenters. The molecule has 0 spiro atoms. The van der Waals surface area contributed by atoms with Gasteiger partial charge in [0.1, 0.15) is 0 Å². The lowest BCUT2D eigenvalue weighted by atomic mass is 10.2. The van der Waals surface area contributed by atoms with E-state index in [2.05, 4.69) is 12.2 Å². The molecule has 5 heteroatoms. The number of carbonyl (C=O) groups is 1. The smallest absolute Gasteiger partial charge is 0.220 e. The monoisotopic (exact) mass is 268 g/mol. The molecule has 3 nitrogen and oxygen atoms in total. The predicted molar refractivity (Wildman–Crippen MR) is 75.3 cm³/mol. The molecule has 0 aromatic heterocycles. The van der Waals surface area contributed by atoms with Crippen LogP contribution >= 0.6 is 24.2 Å². The molecule has 0 saturated heterocycles. The average molecular weight is 269 g/mol. The highest BCUT2D eigenvalue weighted by Crippen LogP contribution is 2.05. The van der Waals surface area contributed by atoms with Crippen molar-refractivity contribution in [2.24, 2.45) is 11.7 Å². The minimum atomic E-state index is 0. The Bertz CT molecular complexity index is 170. The number of carbonyl (C=O) groups excluding carboxylic acids is 1. The molecule has 0 bridgehead atoms. The summed E-state index contributed by atoms with van der Waals surface area (Å²) in [5.74, 6) is 2.63. The third kappa shape index (κ3) is 12.1. The van der Waals surface area contributed by atoms with Crippen LogP contribution in [0.4, 0.5) is 0 Å². The first kappa shape index (κ1) is 18.4. The van der Waals surface area contributed by atoms with Gasteiger partial charge in [-0.25, -0.2) is 0 Å². The molecule has 1 atom stereocenters. The molecule has 0 aliphatic carbocycles. The second-order valence-corrected chi connectivity index (χ2v) is 5.09. The molecule has 0 saturated carbocycles. The lowest BCUT2D eigenvalue weighted by molar-refractivity contribution is -0.120. The standard InChI is InChI=1S/C11H24N2OS.ClH/c1-3-4-6-15-7-5-11(14)13-9-10(2)8-12;/h10H,3-9,12H2,1-2H3,(H,13,14);1H. The fraction of sp³-hybridized carbons (Fsp3) is 0.909. The summed E-state index contributed by atoms with van der Waals surface area (Å²) in [4.78, 5) is 11.3. The van der Waals surface area contributed by atoms with E-state index in [1.54, 1.807) is 0 Å². The van der Waals surface area contributed by atoms with Gasteiger partial charge in [-0.15, -0.1) is 12.4 Å². The van der Waals surface area contributed by atoms with E-state index in [4.69, 9.17) is 5.73 Å². The molecule has 0 radical (unpaired) electrons. The average Bonchev–Trinajstić information content (AvgIpc) is 2.25. The maximum absolute atomic E-state index is 11.3. The Morgan fingerprint density at radius 2 is 2.12 bits per heavy atom. The molecule has 0 fully saturated rings. The zero-order valence-electron chi connectivity index (χ0n) is 10.3. The van der Waals surface area contributed by atoms with Crippen molar-refractivity contribution < 1.29 is 4.79 Å². The third-order valence-electron chi connectivity index (χ3n) is 2.17. The number of amides is 1. The lowest BCUT2D eigenvalue weighted by Gasteiger charge is -2.09. The van der Waals surface area contributed by atoms with Crippen molar-refractivity contribution in [3.63, 3.8) is 0 Å². The van der Waals surface area contributed by atoms with Crippen molar-refractivity contribution in [3.8, 4) is 0 Å². The molecular weight excluding hydrogens is 244 g/mol. The van der Waals surface area contributed by atoms with E-state index in [-0.39, 0.29) is 18.3 Å². The first-order valence-corrected chi connectivity index (χ1v) is 6.90. The highest BCUT2D eigenvalue weighted by molar-refractivity contribution is 7.99. The number of hydrogen-bond acceptors (Lipinski definition) is 3. The normalized spacial score (nSPS) is 11.7. The van der Waals surface area contributed by atoms with E-state index < -0.39 is 0 Å². The summed E-state index contributed by atoms with van der Waals surface area (Å²) in [7, 11) is 0. The van der Waals surface area contributed by atoms with Crippen molar-refractivity contribution in [2.75, 3.05) is 24.6 Å². The van der Waals surface area contributed by atoms with E-state index in [0.717, 1.165) is 5.75 Å². The lowest BCUT2D eigenvalue weighted by Crippen LogP contribution is -2.31. The van der Waals surface area contributed by atoms with Crippen LogP contribution in [0.5, 0.6) is 0 Å². The van der Waals surface area contributed by atoms with E-state index >= 15 is 0 Å². The molecule has 98 valence electrons. The zero-order valence-corrected chi connectivity index (χ0v) is 12.0. The van der Waals surface area contributed by atoms with Gasteiger partial charge in [-0.2, -0.15) is 11.8 Å². The van der Waals surface area contributed by atoms with Crippen molar-refractivity contribution >= 4 is 30.1 Å². The van der Waals surface area contributed by atoms with Gasteiger partial charge in [-0.3, -0.25) is 4.79 Å². The summed E-state index contributed by atoms with van der Waals surface area (Å²) < 4.78 is 0. The van der Waals surface area contributed by atoms with Gasteiger partial charge in [0, 0.05) is 18.7 Å². The first-order valence-electron chi connectivity index (χ1n) is 5.75. The summed E-state index contributed by atoms with van der Waals surface area (Å²) >= 11 is 1.86. The molecule has 16 heavy (non-hydrogen) atoms. The Morgan fingerprint density at radius 3 is 2.69 bits per heavy atom. The van der Waals surface area contributed by atoms with Gasteiger partial charge in [0.05, 0.1) is 0 Å². The van der Waals surface area contributed by atoms with Gasteiger partial charge in [0.25, 0.3) is 0 Å². The highest BCUT2D eigenvalue weighted by Gasteiger charge is 2.03. The van der Waals surface area contributed by atoms with Crippen molar-refractivity contribution in [1.29, 1.82) is 0 Å². The quantitative estimate of drug-likeness (QED) is 0.630. The van der Waals surface area contributed by atoms with Crippen molar-refractivity contribution in [2.45, 2.75) is 33.1 Å². The molecule has 0 aliphatic heterocycles. The maximum atomic E-state index is 11.3. The third-order valence-corrected chi connectivity index (χ3v) is 3.24. The minimum Gasteiger partial charge on any atom is -0.356 e. The fourth-order valence-corrected chi connectivity index (χ4v) is 2.00. The fourth-order valence-electron chi connectivity index (χ4n) is 0.973. The Morgan fingerprint density at radius 1 is 1.44 bits per heavy atom. The maximum Gasteiger partial charge on any atom is 0.220 e. The first-order chi connectivity index (χ1) is 7.20. The topological polar surface area (TPSA) is 55.1 Å². The van der Waals surface area contributed by atoms with Crippen LogP contribution in [-0.2, 0) is 4.79 Å². The largest absolute Gasteiger partial charge is 0.356 e. The molecule has 3 N–H and O–H groups in total. The summed E-state index contributed by atoms with van der Waals surface area (Å²) in [6.07, 6.45) is 3.11. The minimum absolute atomic E-state index is 0. The summed E-state index contributed by atoms with van der Waals surface area (Å²) in [5, 5.41) is 2.89.